The van der Waals surface area contributed by atoms with E-state index in [9.17, 15) is 30.4 Å². The summed E-state index contributed by atoms with van der Waals surface area (Å²) in [4.78, 5) is -1.16. The third-order valence-corrected chi connectivity index (χ3v) is 5.08. The molecule has 0 saturated carbocycles. The quantitative estimate of drug-likeness (QED) is 0.324. The second-order valence-corrected chi connectivity index (χ2v) is 7.38. The minimum atomic E-state index is -4.42. The lowest BCUT2D eigenvalue weighted by atomic mass is 10.1. The zero-order valence-electron chi connectivity index (χ0n) is 12.5. The summed E-state index contributed by atoms with van der Waals surface area (Å²) in [7, 11) is -4.42. The summed E-state index contributed by atoms with van der Waals surface area (Å²) in [6.45, 7) is 0. The van der Waals surface area contributed by atoms with Gasteiger partial charge in [0.25, 0.3) is 0 Å². The maximum absolute atomic E-state index is 13.7. The van der Waals surface area contributed by atoms with E-state index < -0.39 is 55.1 Å². The van der Waals surface area contributed by atoms with E-state index in [2.05, 4.69) is 0 Å². The van der Waals surface area contributed by atoms with Crippen LogP contribution in [0.4, 0.5) is 22.0 Å². The maximum atomic E-state index is 13.7. The van der Waals surface area contributed by atoms with Gasteiger partial charge in [-0.3, -0.25) is 0 Å². The van der Waals surface area contributed by atoms with Crippen LogP contribution in [0.3, 0.4) is 0 Å². The molecule has 2 aromatic carbocycles. The number of rotatable bonds is 4. The molecule has 0 aliphatic heterocycles. The second-order valence-electron chi connectivity index (χ2n) is 4.99. The molecule has 2 rings (SSSR count). The van der Waals surface area contributed by atoms with E-state index in [1.165, 1.54) is 30.3 Å². The molecule has 0 saturated heterocycles. The zero-order chi connectivity index (χ0) is 19.6. The summed E-state index contributed by atoms with van der Waals surface area (Å²) in [5.74, 6) is -12.1. The van der Waals surface area contributed by atoms with Gasteiger partial charge in [0.1, 0.15) is 11.0 Å². The molecule has 0 aromatic heterocycles. The van der Waals surface area contributed by atoms with Crippen LogP contribution in [-0.2, 0) is 15.6 Å². The van der Waals surface area contributed by atoms with Crippen LogP contribution in [0.5, 0.6) is 0 Å². The molecule has 0 heterocycles. The monoisotopic (exact) mass is 407 g/mol. The molecular formula is C16H7ClF5NO2S. The minimum Gasteiger partial charge on any atom is -0.223 e. The normalized spacial score (nSPS) is 12.1. The minimum absolute atomic E-state index is 0.113. The molecule has 0 amide bonds. The zero-order valence-corrected chi connectivity index (χ0v) is 14.1. The Morgan fingerprint density at radius 3 is 1.88 bits per heavy atom. The van der Waals surface area contributed by atoms with Crippen molar-refractivity contribution in [3.63, 3.8) is 0 Å². The van der Waals surface area contributed by atoms with Gasteiger partial charge in [0.15, 0.2) is 33.1 Å². The Hall–Kier alpha value is -2.44. The number of nitriles is 1. The first-order valence-corrected chi connectivity index (χ1v) is 8.72. The highest BCUT2D eigenvalue weighted by Gasteiger charge is 2.27. The van der Waals surface area contributed by atoms with Crippen LogP contribution in [0, 0.1) is 40.4 Å². The van der Waals surface area contributed by atoms with Gasteiger partial charge in [-0.05, 0) is 23.8 Å². The molecule has 0 bridgehead atoms. The summed E-state index contributed by atoms with van der Waals surface area (Å²) in [5.41, 5.74) is -1.31. The summed E-state index contributed by atoms with van der Waals surface area (Å²) in [5, 5.41) is 9.32. The smallest absolute Gasteiger partial charge is 0.200 e. The second kappa shape index (κ2) is 7.43. The van der Waals surface area contributed by atoms with E-state index in [4.69, 9.17) is 16.9 Å². The molecule has 0 aliphatic rings. The molecule has 136 valence electrons. The Balaban J connectivity index is 2.55. The fourth-order valence-electron chi connectivity index (χ4n) is 1.95. The van der Waals surface area contributed by atoms with E-state index in [1.54, 1.807) is 0 Å². The molecule has 0 N–H and O–H groups in total. The molecule has 0 atom stereocenters. The van der Waals surface area contributed by atoms with Gasteiger partial charge in [0, 0.05) is 5.02 Å². The Morgan fingerprint density at radius 1 is 0.962 bits per heavy atom. The van der Waals surface area contributed by atoms with E-state index >= 15 is 0 Å². The van der Waals surface area contributed by atoms with Crippen LogP contribution in [0.15, 0.2) is 29.2 Å². The summed E-state index contributed by atoms with van der Waals surface area (Å²) < 4.78 is 91.3. The maximum Gasteiger partial charge on any atom is 0.200 e. The number of halogens is 6. The predicted octanol–water partition coefficient (Wildman–Crippen LogP) is 4.51. The molecule has 0 radical (unpaired) electrons. The van der Waals surface area contributed by atoms with Crippen molar-refractivity contribution in [2.24, 2.45) is 0 Å². The van der Waals surface area contributed by atoms with E-state index in [-0.39, 0.29) is 11.6 Å². The largest absolute Gasteiger partial charge is 0.223 e. The lowest BCUT2D eigenvalue weighted by Gasteiger charge is -2.07. The molecule has 3 nitrogen and oxygen atoms in total. The summed E-state index contributed by atoms with van der Waals surface area (Å²) in [6.07, 6.45) is 0.113. The number of hydrogen-bond acceptors (Lipinski definition) is 3. The fraction of sp³-hybridized carbons (Fsp3) is 0.0625. The molecule has 26 heavy (non-hydrogen) atoms. The SMILES string of the molecule is N#C/C(=C\c1c(F)c(F)c(F)c(F)c1F)S(=O)(=O)Cc1ccc(Cl)cc1. The highest BCUT2D eigenvalue weighted by Crippen LogP contribution is 2.26. The molecule has 0 spiro atoms. The molecule has 2 aromatic rings. The molecule has 0 fully saturated rings. The van der Waals surface area contributed by atoms with Gasteiger partial charge in [-0.2, -0.15) is 5.26 Å². The Kier molecular flexibility index (Phi) is 5.68. The lowest BCUT2D eigenvalue weighted by molar-refractivity contribution is 0.377. The fourth-order valence-corrected chi connectivity index (χ4v) is 3.30. The Bertz CT molecular complexity index is 1010. The van der Waals surface area contributed by atoms with Crippen LogP contribution in [0.1, 0.15) is 11.1 Å². The van der Waals surface area contributed by atoms with Gasteiger partial charge >= 0.3 is 0 Å². The van der Waals surface area contributed by atoms with Gasteiger partial charge in [-0.1, -0.05) is 23.7 Å². The Morgan fingerprint density at radius 2 is 1.42 bits per heavy atom. The van der Waals surface area contributed by atoms with Crippen molar-refractivity contribution in [2.75, 3.05) is 0 Å². The standard InChI is InChI=1S/C16H7ClF5NO2S/c17-9-3-1-8(2-4-9)7-26(24,25)10(6-23)5-11-12(18)14(20)16(22)15(21)13(11)19/h1-5H,7H2/b10-5+. The van der Waals surface area contributed by atoms with Crippen LogP contribution < -0.4 is 0 Å². The first-order chi connectivity index (χ1) is 12.1. The van der Waals surface area contributed by atoms with Gasteiger partial charge in [0.05, 0.1) is 11.3 Å². The number of sulfone groups is 1. The van der Waals surface area contributed by atoms with Crippen molar-refractivity contribution >= 4 is 27.5 Å². The lowest BCUT2D eigenvalue weighted by Crippen LogP contribution is -2.09. The van der Waals surface area contributed by atoms with E-state index in [1.807, 2.05) is 0 Å². The number of allylic oxidation sites excluding steroid dienone is 1. The average Bonchev–Trinajstić information content (AvgIpc) is 2.60. The van der Waals surface area contributed by atoms with Crippen molar-refractivity contribution < 1.29 is 30.4 Å². The predicted molar refractivity (Wildman–Crippen MR) is 83.9 cm³/mol. The van der Waals surface area contributed by atoms with Crippen LogP contribution in [-0.4, -0.2) is 8.42 Å². The number of nitrogens with zero attached hydrogens (tertiary/aromatic N) is 1. The average molecular weight is 408 g/mol. The number of benzene rings is 2. The highest BCUT2D eigenvalue weighted by molar-refractivity contribution is 7.95. The summed E-state index contributed by atoms with van der Waals surface area (Å²) in [6, 6.07) is 6.65. The van der Waals surface area contributed by atoms with Gasteiger partial charge in [-0.25, -0.2) is 30.4 Å². The third-order valence-electron chi connectivity index (χ3n) is 3.23. The first-order valence-electron chi connectivity index (χ1n) is 6.69. The van der Waals surface area contributed by atoms with Crippen molar-refractivity contribution in [1.82, 2.24) is 0 Å². The molecule has 10 heteroatoms. The highest BCUT2D eigenvalue weighted by atomic mass is 35.5. The van der Waals surface area contributed by atoms with Crippen LogP contribution in [0.2, 0.25) is 5.02 Å². The van der Waals surface area contributed by atoms with Gasteiger partial charge in [-0.15, -0.1) is 0 Å². The van der Waals surface area contributed by atoms with Crippen LogP contribution >= 0.6 is 11.6 Å². The summed E-state index contributed by atoms with van der Waals surface area (Å²) >= 11 is 5.66. The number of hydrogen-bond donors (Lipinski definition) is 0. The first kappa shape index (κ1) is 19.9. The van der Waals surface area contributed by atoms with Crippen molar-refractivity contribution in [2.45, 2.75) is 5.75 Å². The topological polar surface area (TPSA) is 57.9 Å². The van der Waals surface area contributed by atoms with Crippen molar-refractivity contribution in [3.8, 4) is 6.07 Å². The van der Waals surface area contributed by atoms with E-state index in [0.29, 0.717) is 5.02 Å². The third kappa shape index (κ3) is 3.86. The molecular weight excluding hydrogens is 401 g/mol. The van der Waals surface area contributed by atoms with Gasteiger partial charge < -0.3 is 0 Å². The van der Waals surface area contributed by atoms with E-state index in [0.717, 1.165) is 0 Å². The Labute approximate surface area is 149 Å². The van der Waals surface area contributed by atoms with Crippen molar-refractivity contribution in [3.05, 3.63) is 74.4 Å². The van der Waals surface area contributed by atoms with Gasteiger partial charge in [0.2, 0.25) is 5.82 Å². The van der Waals surface area contributed by atoms with Crippen LogP contribution in [0.25, 0.3) is 6.08 Å². The molecule has 0 unspecified atom stereocenters. The molecule has 0 aliphatic carbocycles. The van der Waals surface area contributed by atoms with Crippen molar-refractivity contribution in [1.29, 1.82) is 5.26 Å².